The second kappa shape index (κ2) is 8.68. The molecule has 29 heavy (non-hydrogen) atoms. The second-order valence-electron chi connectivity index (χ2n) is 7.84. The van der Waals surface area contributed by atoms with Crippen molar-refractivity contribution >= 4 is 23.2 Å². The Kier molecular flexibility index (Phi) is 5.84. The molecule has 1 unspecified atom stereocenters. The molecule has 1 aliphatic carbocycles. The molecule has 1 saturated heterocycles. The molecule has 2 aromatic carbocycles. The van der Waals surface area contributed by atoms with Crippen molar-refractivity contribution in [3.05, 3.63) is 53.6 Å². The summed E-state index contributed by atoms with van der Waals surface area (Å²) in [4.78, 5) is 26.4. The number of nitrogens with zero attached hydrogens (tertiary/aromatic N) is 1. The van der Waals surface area contributed by atoms with Crippen molar-refractivity contribution in [2.75, 3.05) is 16.8 Å². The monoisotopic (exact) mass is 392 g/mol. The van der Waals surface area contributed by atoms with E-state index >= 15 is 0 Å². The van der Waals surface area contributed by atoms with Crippen LogP contribution in [0.5, 0.6) is 5.75 Å². The number of benzene rings is 2. The van der Waals surface area contributed by atoms with Crippen molar-refractivity contribution < 1.29 is 14.3 Å². The Bertz CT molecular complexity index is 891. The van der Waals surface area contributed by atoms with Gasteiger partial charge in [-0.3, -0.25) is 9.59 Å². The van der Waals surface area contributed by atoms with Crippen LogP contribution < -0.4 is 15.0 Å². The number of amides is 2. The number of aryl methyl sites for hydroxylation is 2. The number of carbonyl (C=O) groups is 2. The largest absolute Gasteiger partial charge is 0.481 e. The summed E-state index contributed by atoms with van der Waals surface area (Å²) >= 11 is 0. The first-order valence-corrected chi connectivity index (χ1v) is 10.6. The smallest absolute Gasteiger partial charge is 0.265 e. The predicted molar refractivity (Wildman–Crippen MR) is 114 cm³/mol. The lowest BCUT2D eigenvalue weighted by atomic mass is 9.92. The number of nitrogens with one attached hydrogen (secondary N) is 1. The third kappa shape index (κ3) is 4.44. The van der Waals surface area contributed by atoms with Crippen LogP contribution in [0.4, 0.5) is 11.4 Å². The Hall–Kier alpha value is -2.82. The molecule has 1 heterocycles. The number of rotatable bonds is 6. The van der Waals surface area contributed by atoms with Crippen LogP contribution in [-0.2, 0) is 22.4 Å². The summed E-state index contributed by atoms with van der Waals surface area (Å²) in [5.41, 5.74) is 4.33. The zero-order chi connectivity index (χ0) is 20.2. The maximum Gasteiger partial charge on any atom is 0.265 e. The van der Waals surface area contributed by atoms with E-state index in [1.165, 1.54) is 24.0 Å². The molecule has 1 fully saturated rings. The van der Waals surface area contributed by atoms with Crippen LogP contribution in [0.2, 0.25) is 0 Å². The highest BCUT2D eigenvalue weighted by Gasteiger charge is 2.22. The SMILES string of the molecule is CCC(Oc1ccc2c(c1)CCCC2)C(=O)Nc1ccc(N2CCCC2=O)cc1. The molecule has 152 valence electrons. The standard InChI is InChI=1S/C24H28N2O3/c1-2-22(29-21-14-9-17-6-3-4-7-18(17)16-21)24(28)25-19-10-12-20(13-11-19)26-15-5-8-23(26)27/h9-14,16,22H,2-8,15H2,1H3,(H,25,28). The number of fused-ring (bicyclic) bond motifs is 1. The van der Waals surface area contributed by atoms with Gasteiger partial charge < -0.3 is 15.0 Å². The maximum atomic E-state index is 12.7. The topological polar surface area (TPSA) is 58.6 Å². The highest BCUT2D eigenvalue weighted by atomic mass is 16.5. The van der Waals surface area contributed by atoms with Gasteiger partial charge in [-0.1, -0.05) is 13.0 Å². The molecular weight excluding hydrogens is 364 g/mol. The van der Waals surface area contributed by atoms with E-state index in [9.17, 15) is 9.59 Å². The van der Waals surface area contributed by atoms with Crippen molar-refractivity contribution in [3.63, 3.8) is 0 Å². The fourth-order valence-corrected chi connectivity index (χ4v) is 4.14. The fourth-order valence-electron chi connectivity index (χ4n) is 4.14. The van der Waals surface area contributed by atoms with Crippen LogP contribution in [0, 0.1) is 0 Å². The molecule has 1 N–H and O–H groups in total. The van der Waals surface area contributed by atoms with E-state index in [4.69, 9.17) is 4.74 Å². The quantitative estimate of drug-likeness (QED) is 0.788. The number of hydrogen-bond acceptors (Lipinski definition) is 3. The third-order valence-electron chi connectivity index (χ3n) is 5.78. The van der Waals surface area contributed by atoms with Crippen LogP contribution in [0.3, 0.4) is 0 Å². The lowest BCUT2D eigenvalue weighted by molar-refractivity contribution is -0.122. The minimum absolute atomic E-state index is 0.157. The van der Waals surface area contributed by atoms with Gasteiger partial charge in [-0.15, -0.1) is 0 Å². The fraction of sp³-hybridized carbons (Fsp3) is 0.417. The van der Waals surface area contributed by atoms with Gasteiger partial charge in [-0.05, 0) is 86.1 Å². The average Bonchev–Trinajstić information content (AvgIpc) is 3.18. The molecule has 4 rings (SSSR count). The molecule has 0 spiro atoms. The highest BCUT2D eigenvalue weighted by molar-refractivity contribution is 5.97. The Morgan fingerprint density at radius 1 is 1.03 bits per heavy atom. The Morgan fingerprint density at radius 2 is 1.79 bits per heavy atom. The lowest BCUT2D eigenvalue weighted by Crippen LogP contribution is -2.32. The number of ether oxygens (including phenoxy) is 1. The summed E-state index contributed by atoms with van der Waals surface area (Å²) in [6, 6.07) is 13.6. The summed E-state index contributed by atoms with van der Waals surface area (Å²) in [6.07, 6.45) is 6.23. The molecular formula is C24H28N2O3. The summed E-state index contributed by atoms with van der Waals surface area (Å²) in [5, 5.41) is 2.94. The summed E-state index contributed by atoms with van der Waals surface area (Å²) in [6.45, 7) is 2.71. The van der Waals surface area contributed by atoms with Gasteiger partial charge in [0.2, 0.25) is 5.91 Å². The van der Waals surface area contributed by atoms with E-state index in [1.54, 1.807) is 4.90 Å². The first kappa shape index (κ1) is 19.5. The molecule has 2 amide bonds. The van der Waals surface area contributed by atoms with Crippen molar-refractivity contribution in [1.82, 2.24) is 0 Å². The summed E-state index contributed by atoms with van der Waals surface area (Å²) in [5.74, 6) is 0.761. The number of hydrogen-bond donors (Lipinski definition) is 1. The van der Waals surface area contributed by atoms with E-state index < -0.39 is 6.10 Å². The highest BCUT2D eigenvalue weighted by Crippen LogP contribution is 2.27. The first-order chi connectivity index (χ1) is 14.1. The molecule has 0 saturated carbocycles. The lowest BCUT2D eigenvalue weighted by Gasteiger charge is -2.21. The van der Waals surface area contributed by atoms with E-state index in [0.717, 1.165) is 37.2 Å². The third-order valence-corrected chi connectivity index (χ3v) is 5.78. The molecule has 2 aliphatic rings. The molecule has 5 heteroatoms. The Morgan fingerprint density at radius 3 is 2.48 bits per heavy atom. The summed E-state index contributed by atoms with van der Waals surface area (Å²) < 4.78 is 6.02. The Balaban J connectivity index is 1.39. The zero-order valence-electron chi connectivity index (χ0n) is 16.9. The second-order valence-corrected chi connectivity index (χ2v) is 7.84. The first-order valence-electron chi connectivity index (χ1n) is 10.6. The van der Waals surface area contributed by atoms with Gasteiger partial charge in [0.05, 0.1) is 0 Å². The normalized spacial score (nSPS) is 17.0. The number of carbonyl (C=O) groups excluding carboxylic acids is 2. The van der Waals surface area contributed by atoms with Crippen LogP contribution in [0.15, 0.2) is 42.5 Å². The van der Waals surface area contributed by atoms with Crippen LogP contribution in [0.25, 0.3) is 0 Å². The van der Waals surface area contributed by atoms with Crippen molar-refractivity contribution in [2.45, 2.75) is 58.0 Å². The van der Waals surface area contributed by atoms with Gasteiger partial charge in [-0.25, -0.2) is 0 Å². The molecule has 1 aliphatic heterocycles. The van der Waals surface area contributed by atoms with E-state index in [0.29, 0.717) is 18.5 Å². The van der Waals surface area contributed by atoms with Gasteiger partial charge >= 0.3 is 0 Å². The molecule has 5 nitrogen and oxygen atoms in total. The van der Waals surface area contributed by atoms with Crippen LogP contribution in [0.1, 0.15) is 50.2 Å². The van der Waals surface area contributed by atoms with Gasteiger partial charge in [0.1, 0.15) is 5.75 Å². The zero-order valence-corrected chi connectivity index (χ0v) is 16.9. The summed E-state index contributed by atoms with van der Waals surface area (Å²) in [7, 11) is 0. The predicted octanol–water partition coefficient (Wildman–Crippen LogP) is 4.49. The van der Waals surface area contributed by atoms with Crippen molar-refractivity contribution in [1.29, 1.82) is 0 Å². The van der Waals surface area contributed by atoms with Crippen LogP contribution in [-0.4, -0.2) is 24.5 Å². The van der Waals surface area contributed by atoms with Gasteiger partial charge in [0.25, 0.3) is 5.91 Å². The van der Waals surface area contributed by atoms with Gasteiger partial charge in [-0.2, -0.15) is 0 Å². The van der Waals surface area contributed by atoms with Crippen LogP contribution >= 0.6 is 0 Å². The molecule has 0 aromatic heterocycles. The number of anilines is 2. The molecule has 0 radical (unpaired) electrons. The average molecular weight is 392 g/mol. The van der Waals surface area contributed by atoms with Crippen molar-refractivity contribution in [3.8, 4) is 5.75 Å². The minimum Gasteiger partial charge on any atom is -0.481 e. The van der Waals surface area contributed by atoms with Gasteiger partial charge in [0.15, 0.2) is 6.10 Å². The minimum atomic E-state index is -0.545. The van der Waals surface area contributed by atoms with Crippen molar-refractivity contribution in [2.24, 2.45) is 0 Å². The van der Waals surface area contributed by atoms with E-state index in [1.807, 2.05) is 37.3 Å². The van der Waals surface area contributed by atoms with E-state index in [-0.39, 0.29) is 11.8 Å². The molecule has 0 bridgehead atoms. The van der Waals surface area contributed by atoms with E-state index in [2.05, 4.69) is 17.4 Å². The Labute approximate surface area is 172 Å². The molecule has 2 aromatic rings. The van der Waals surface area contributed by atoms with Gasteiger partial charge in [0, 0.05) is 24.3 Å². The molecule has 1 atom stereocenters. The maximum absolute atomic E-state index is 12.7.